The van der Waals surface area contributed by atoms with E-state index in [1.54, 1.807) is 0 Å². The Balaban J connectivity index is 1.50. The Morgan fingerprint density at radius 2 is 1.88 bits per heavy atom. The van der Waals surface area contributed by atoms with E-state index < -0.39 is 24.2 Å². The Bertz CT molecular complexity index is 854. The van der Waals surface area contributed by atoms with Crippen LogP contribution in [0.15, 0.2) is 11.6 Å². The molecule has 0 heterocycles. The molecule has 0 unspecified atom stereocenters. The summed E-state index contributed by atoms with van der Waals surface area (Å²) < 4.78 is 63.1. The number of hydrogen-bond acceptors (Lipinski definition) is 2. The quantitative estimate of drug-likeness (QED) is 0.442. The molecule has 0 spiro atoms. The summed E-state index contributed by atoms with van der Waals surface area (Å²) >= 11 is 0. The highest BCUT2D eigenvalue weighted by Crippen LogP contribution is 2.67. The first-order valence-corrected chi connectivity index (χ1v) is 12.6. The molecule has 0 amide bonds. The van der Waals surface area contributed by atoms with Crippen LogP contribution in [0.25, 0.3) is 0 Å². The molecular weight excluding hydrogens is 413 g/mol. The molecule has 5 heteroatoms. The zero-order valence-corrected chi connectivity index (χ0v) is 20.1. The average Bonchev–Trinajstić information content (AvgIpc) is 3.08. The van der Waals surface area contributed by atoms with Crippen LogP contribution in [0.4, 0.5) is 13.2 Å². The fraction of sp³-hybridized carbons (Fsp3) is 0.926. The SMILES string of the molecule is [2H]C([2H])([2H])[C@]1(O)CC[C@@]2(C)C(=CC[C@H]3[C@@H]4CC[C@H]([C@H](C)CC[C@](C)(O)C(F)(F)F)[C@@]4(C)CC[C@@H]32)C1. The molecule has 4 aliphatic carbocycles. The second kappa shape index (κ2) is 7.73. The van der Waals surface area contributed by atoms with E-state index in [0.29, 0.717) is 42.9 Å². The topological polar surface area (TPSA) is 40.5 Å². The minimum atomic E-state index is -4.61. The first-order valence-electron chi connectivity index (χ1n) is 14.1. The van der Waals surface area contributed by atoms with Gasteiger partial charge in [0.25, 0.3) is 0 Å². The number of halogens is 3. The normalized spacial score (nSPS) is 48.8. The van der Waals surface area contributed by atoms with Crippen LogP contribution in [0.5, 0.6) is 0 Å². The molecule has 0 aromatic rings. The predicted octanol–water partition coefficient (Wildman–Crippen LogP) is 7.05. The van der Waals surface area contributed by atoms with Crippen molar-refractivity contribution in [1.29, 1.82) is 0 Å². The lowest BCUT2D eigenvalue weighted by Crippen LogP contribution is -2.52. The first kappa shape index (κ1) is 20.8. The summed E-state index contributed by atoms with van der Waals surface area (Å²) in [6.45, 7) is 5.18. The summed E-state index contributed by atoms with van der Waals surface area (Å²) in [5.74, 6) is 1.93. The number of hydrogen-bond donors (Lipinski definition) is 2. The van der Waals surface area contributed by atoms with Gasteiger partial charge in [0.05, 0.1) is 5.60 Å². The molecule has 2 N–H and O–H groups in total. The highest BCUT2D eigenvalue weighted by atomic mass is 19.4. The van der Waals surface area contributed by atoms with Crippen LogP contribution in [-0.4, -0.2) is 27.6 Å². The molecule has 9 atom stereocenters. The summed E-state index contributed by atoms with van der Waals surface area (Å²) in [6.07, 6.45) is 4.00. The van der Waals surface area contributed by atoms with Gasteiger partial charge in [-0.25, -0.2) is 0 Å². The van der Waals surface area contributed by atoms with E-state index in [1.165, 1.54) is 0 Å². The molecule has 4 rings (SSSR count). The maximum Gasteiger partial charge on any atom is 0.416 e. The maximum absolute atomic E-state index is 13.2. The summed E-state index contributed by atoms with van der Waals surface area (Å²) in [6, 6.07) is 0. The van der Waals surface area contributed by atoms with E-state index in [4.69, 9.17) is 4.11 Å². The van der Waals surface area contributed by atoms with Crippen molar-refractivity contribution in [2.45, 2.75) is 116 Å². The van der Waals surface area contributed by atoms with Crippen LogP contribution < -0.4 is 0 Å². The van der Waals surface area contributed by atoms with E-state index in [-0.39, 0.29) is 29.6 Å². The minimum absolute atomic E-state index is 0.0838. The Labute approximate surface area is 196 Å². The van der Waals surface area contributed by atoms with Crippen LogP contribution in [0, 0.1) is 40.4 Å². The Kier molecular flexibility index (Phi) is 5.02. The molecule has 3 saturated carbocycles. The van der Waals surface area contributed by atoms with Gasteiger partial charge in [-0.2, -0.15) is 13.2 Å². The van der Waals surface area contributed by atoms with E-state index in [9.17, 15) is 23.4 Å². The Hall–Kier alpha value is -0.550. The fourth-order valence-electron chi connectivity index (χ4n) is 8.47. The van der Waals surface area contributed by atoms with Gasteiger partial charge >= 0.3 is 6.18 Å². The molecule has 0 bridgehead atoms. The third-order valence-electron chi connectivity index (χ3n) is 10.6. The van der Waals surface area contributed by atoms with Gasteiger partial charge in [0.1, 0.15) is 0 Å². The standard InChI is InChI=1S/C27H43F3O2/c1-17(10-13-26(5,32)27(28,29)30)20-8-9-21-19-7-6-18-16-23(2,31)14-15-24(18,3)22(19)11-12-25(20,21)4/h6,17,19-22,31-32H,7-16H2,1-5H3/t17-,19+,20-,21+,22+,23+,24+,25-,26+/m1/s1/i2D3. The lowest BCUT2D eigenvalue weighted by molar-refractivity contribution is -0.256. The third-order valence-corrected chi connectivity index (χ3v) is 10.6. The lowest BCUT2D eigenvalue weighted by atomic mass is 9.46. The van der Waals surface area contributed by atoms with Crippen LogP contribution in [0.1, 0.15) is 103 Å². The van der Waals surface area contributed by atoms with Crippen LogP contribution in [0.2, 0.25) is 0 Å². The van der Waals surface area contributed by atoms with Gasteiger partial charge in [0.2, 0.25) is 0 Å². The smallest absolute Gasteiger partial charge is 0.390 e. The van der Waals surface area contributed by atoms with Gasteiger partial charge in [0.15, 0.2) is 5.60 Å². The van der Waals surface area contributed by atoms with Gasteiger partial charge in [-0.15, -0.1) is 0 Å². The lowest BCUT2D eigenvalue weighted by Gasteiger charge is -2.59. The fourth-order valence-corrected chi connectivity index (χ4v) is 8.47. The van der Waals surface area contributed by atoms with Gasteiger partial charge in [-0.3, -0.25) is 0 Å². The van der Waals surface area contributed by atoms with E-state index in [0.717, 1.165) is 44.6 Å². The molecule has 4 aliphatic rings. The zero-order valence-electron chi connectivity index (χ0n) is 23.1. The zero-order chi connectivity index (χ0) is 26.2. The van der Waals surface area contributed by atoms with Crippen molar-refractivity contribution in [3.63, 3.8) is 0 Å². The van der Waals surface area contributed by atoms with Crippen molar-refractivity contribution in [2.75, 3.05) is 0 Å². The monoisotopic (exact) mass is 459 g/mol. The van der Waals surface area contributed by atoms with E-state index in [2.05, 4.69) is 26.8 Å². The van der Waals surface area contributed by atoms with Gasteiger partial charge in [-0.1, -0.05) is 32.4 Å². The maximum atomic E-state index is 13.2. The molecule has 0 radical (unpaired) electrons. The summed E-state index contributed by atoms with van der Waals surface area (Å²) in [7, 11) is 0. The van der Waals surface area contributed by atoms with Gasteiger partial charge in [0, 0.05) is 4.11 Å². The van der Waals surface area contributed by atoms with Crippen molar-refractivity contribution in [2.24, 2.45) is 40.4 Å². The molecule has 2 nitrogen and oxygen atoms in total. The van der Waals surface area contributed by atoms with E-state index >= 15 is 0 Å². The van der Waals surface area contributed by atoms with Crippen LogP contribution >= 0.6 is 0 Å². The molecule has 32 heavy (non-hydrogen) atoms. The molecular formula is C27H43F3O2. The molecule has 0 aromatic carbocycles. The Morgan fingerprint density at radius 1 is 1.16 bits per heavy atom. The first-order chi connectivity index (χ1) is 15.9. The predicted molar refractivity (Wildman–Crippen MR) is 121 cm³/mol. The van der Waals surface area contributed by atoms with Crippen LogP contribution in [-0.2, 0) is 0 Å². The molecule has 0 aromatic heterocycles. The van der Waals surface area contributed by atoms with E-state index in [1.807, 2.05) is 0 Å². The second-order valence-corrected chi connectivity index (χ2v) is 12.5. The van der Waals surface area contributed by atoms with Crippen molar-refractivity contribution in [3.05, 3.63) is 11.6 Å². The molecule has 0 saturated heterocycles. The minimum Gasteiger partial charge on any atom is -0.390 e. The van der Waals surface area contributed by atoms with Gasteiger partial charge < -0.3 is 10.2 Å². The van der Waals surface area contributed by atoms with Crippen molar-refractivity contribution in [1.82, 2.24) is 0 Å². The highest BCUT2D eigenvalue weighted by molar-refractivity contribution is 5.26. The number of aliphatic hydroxyl groups is 2. The van der Waals surface area contributed by atoms with Crippen LogP contribution in [0.3, 0.4) is 0 Å². The summed E-state index contributed by atoms with van der Waals surface area (Å²) in [5, 5.41) is 20.8. The largest absolute Gasteiger partial charge is 0.416 e. The summed E-state index contributed by atoms with van der Waals surface area (Å²) in [4.78, 5) is 0. The molecule has 0 aliphatic heterocycles. The molecule has 3 fully saturated rings. The van der Waals surface area contributed by atoms with Crippen molar-refractivity contribution in [3.8, 4) is 0 Å². The Morgan fingerprint density at radius 3 is 2.53 bits per heavy atom. The van der Waals surface area contributed by atoms with Gasteiger partial charge in [-0.05, 0) is 118 Å². The number of allylic oxidation sites excluding steroid dienone is 1. The highest BCUT2D eigenvalue weighted by Gasteiger charge is 2.60. The summed E-state index contributed by atoms with van der Waals surface area (Å²) in [5.41, 5.74) is -3.17. The second-order valence-electron chi connectivity index (χ2n) is 12.5. The molecule has 184 valence electrons. The number of rotatable bonds is 4. The number of fused-ring (bicyclic) bond motifs is 5. The van der Waals surface area contributed by atoms with Crippen molar-refractivity contribution >= 4 is 0 Å². The third kappa shape index (κ3) is 3.87. The number of alkyl halides is 3. The van der Waals surface area contributed by atoms with Crippen molar-refractivity contribution < 1.29 is 27.5 Å². The average molecular weight is 460 g/mol.